The molecule has 2 aromatic rings. The number of anilines is 1. The number of ether oxygens (including phenoxy) is 1. The van der Waals surface area contributed by atoms with Gasteiger partial charge in [-0.2, -0.15) is 18.3 Å². The van der Waals surface area contributed by atoms with E-state index in [1.807, 2.05) is 0 Å². The Balaban J connectivity index is 1.75. The normalized spacial score (nSPS) is 13.8. The molecule has 6 nitrogen and oxygen atoms in total. The molecule has 0 N–H and O–H groups in total. The minimum absolute atomic E-state index is 0.0473. The van der Waals surface area contributed by atoms with Crippen LogP contribution < -0.4 is 9.75 Å². The molecule has 0 unspecified atom stereocenters. The Labute approximate surface area is 179 Å². The van der Waals surface area contributed by atoms with Crippen molar-refractivity contribution in [3.63, 3.8) is 0 Å². The highest BCUT2D eigenvalue weighted by atomic mass is 79.9. The molecule has 30 heavy (non-hydrogen) atoms. The van der Waals surface area contributed by atoms with E-state index in [4.69, 9.17) is 4.74 Å². The molecule has 0 spiro atoms. The second kappa shape index (κ2) is 8.86. The van der Waals surface area contributed by atoms with E-state index < -0.39 is 17.7 Å². The molecule has 0 aromatic heterocycles. The number of hydrogen-bond acceptors (Lipinski definition) is 5. The highest BCUT2D eigenvalue weighted by molar-refractivity contribution is 9.10. The average Bonchev–Trinajstić information content (AvgIpc) is 3.16. The Morgan fingerprint density at radius 1 is 1.27 bits per heavy atom. The number of carbonyl (C=O) groups excluding carboxylic acids is 2. The Bertz CT molecular complexity index is 977. The Kier molecular flexibility index (Phi) is 6.45. The van der Waals surface area contributed by atoms with Gasteiger partial charge >= 0.3 is 12.1 Å². The predicted molar refractivity (Wildman–Crippen MR) is 108 cm³/mol. The summed E-state index contributed by atoms with van der Waals surface area (Å²) in [5, 5.41) is 5.77. The summed E-state index contributed by atoms with van der Waals surface area (Å²) < 4.78 is 44.4. The molecule has 0 radical (unpaired) electrons. The maximum Gasteiger partial charge on any atom is 0.417 e. The van der Waals surface area contributed by atoms with Gasteiger partial charge in [0.05, 0.1) is 17.8 Å². The van der Waals surface area contributed by atoms with Crippen LogP contribution in [0, 0.1) is 0 Å². The van der Waals surface area contributed by atoms with Gasteiger partial charge in [0.15, 0.2) is 0 Å². The first-order valence-electron chi connectivity index (χ1n) is 8.88. The lowest BCUT2D eigenvalue weighted by Crippen LogP contribution is -2.27. The van der Waals surface area contributed by atoms with Crippen LogP contribution in [0.2, 0.25) is 0 Å². The second-order valence-electron chi connectivity index (χ2n) is 6.52. The van der Waals surface area contributed by atoms with E-state index in [9.17, 15) is 22.8 Å². The van der Waals surface area contributed by atoms with Crippen molar-refractivity contribution in [2.24, 2.45) is 5.10 Å². The lowest BCUT2D eigenvalue weighted by Gasteiger charge is -2.18. The highest BCUT2D eigenvalue weighted by Gasteiger charge is 2.34. The predicted octanol–water partition coefficient (Wildman–Crippen LogP) is 4.58. The second-order valence-corrected chi connectivity index (χ2v) is 7.38. The van der Waals surface area contributed by atoms with Gasteiger partial charge in [-0.25, -0.2) is 0 Å². The van der Waals surface area contributed by atoms with Crippen molar-refractivity contribution in [3.05, 3.63) is 58.1 Å². The van der Waals surface area contributed by atoms with Crippen molar-refractivity contribution in [1.29, 1.82) is 0 Å². The van der Waals surface area contributed by atoms with Gasteiger partial charge in [-0.15, -0.1) is 0 Å². The topological polar surface area (TPSA) is 62.2 Å². The molecule has 1 aliphatic rings. The van der Waals surface area contributed by atoms with Gasteiger partial charge in [-0.05, 0) is 35.9 Å². The minimum Gasteiger partial charge on any atom is -0.427 e. The number of amidine groups is 1. The highest BCUT2D eigenvalue weighted by Crippen LogP contribution is 2.37. The SMILES string of the molecule is CC(=O)Oc1ccc(CN(C=O)C2=NN(c3ccc(Br)c(C(F)(F)F)c3)CC2)cc1. The Morgan fingerprint density at radius 3 is 2.57 bits per heavy atom. The summed E-state index contributed by atoms with van der Waals surface area (Å²) in [6.07, 6.45) is -3.46. The molecule has 1 heterocycles. The van der Waals surface area contributed by atoms with Crippen molar-refractivity contribution < 1.29 is 27.5 Å². The molecule has 0 saturated heterocycles. The third-order valence-electron chi connectivity index (χ3n) is 4.33. The Hall–Kier alpha value is -2.88. The van der Waals surface area contributed by atoms with Crippen LogP contribution in [0.5, 0.6) is 5.75 Å². The van der Waals surface area contributed by atoms with Crippen molar-refractivity contribution >= 4 is 39.8 Å². The zero-order chi connectivity index (χ0) is 21.9. The van der Waals surface area contributed by atoms with Gasteiger partial charge in [0.25, 0.3) is 0 Å². The van der Waals surface area contributed by atoms with E-state index in [0.29, 0.717) is 31.0 Å². The fourth-order valence-corrected chi connectivity index (χ4v) is 3.41. The van der Waals surface area contributed by atoms with Crippen molar-refractivity contribution in [2.45, 2.75) is 26.1 Å². The molecular weight excluding hydrogens is 467 g/mol. The van der Waals surface area contributed by atoms with Crippen LogP contribution in [-0.4, -0.2) is 29.7 Å². The summed E-state index contributed by atoms with van der Waals surface area (Å²) in [5.41, 5.74) is 0.281. The lowest BCUT2D eigenvalue weighted by molar-refractivity contribution is -0.138. The fraction of sp³-hybridized carbons (Fsp3) is 0.250. The molecule has 3 rings (SSSR count). The largest absolute Gasteiger partial charge is 0.427 e. The number of carbonyl (C=O) groups is 2. The number of halogens is 4. The van der Waals surface area contributed by atoms with Crippen LogP contribution in [0.1, 0.15) is 24.5 Å². The van der Waals surface area contributed by atoms with Gasteiger partial charge in [-0.1, -0.05) is 28.1 Å². The summed E-state index contributed by atoms with van der Waals surface area (Å²) in [6, 6.07) is 10.5. The quantitative estimate of drug-likeness (QED) is 0.355. The third-order valence-corrected chi connectivity index (χ3v) is 5.02. The first-order chi connectivity index (χ1) is 14.2. The van der Waals surface area contributed by atoms with Gasteiger partial charge in [0.2, 0.25) is 6.41 Å². The number of amides is 1. The maximum absolute atomic E-state index is 13.1. The number of rotatable bonds is 5. The average molecular weight is 484 g/mol. The summed E-state index contributed by atoms with van der Waals surface area (Å²) >= 11 is 2.92. The van der Waals surface area contributed by atoms with Gasteiger partial charge in [0.1, 0.15) is 11.6 Å². The zero-order valence-corrected chi connectivity index (χ0v) is 17.4. The molecular formula is C20H17BrF3N3O3. The van der Waals surface area contributed by atoms with Crippen LogP contribution in [0.15, 0.2) is 52.0 Å². The van der Waals surface area contributed by atoms with Gasteiger partial charge in [0, 0.05) is 24.4 Å². The van der Waals surface area contributed by atoms with Crippen LogP contribution in [-0.2, 0) is 22.3 Å². The first-order valence-corrected chi connectivity index (χ1v) is 9.67. The van der Waals surface area contributed by atoms with E-state index in [0.717, 1.165) is 11.6 Å². The number of esters is 1. The number of nitrogens with zero attached hydrogens (tertiary/aromatic N) is 3. The van der Waals surface area contributed by atoms with Gasteiger partial charge in [-0.3, -0.25) is 19.5 Å². The molecule has 1 aliphatic heterocycles. The minimum atomic E-state index is -4.49. The molecule has 0 bridgehead atoms. The van der Waals surface area contributed by atoms with Crippen LogP contribution in [0.4, 0.5) is 18.9 Å². The van der Waals surface area contributed by atoms with E-state index in [1.165, 1.54) is 29.0 Å². The number of alkyl halides is 3. The molecule has 10 heteroatoms. The monoisotopic (exact) mass is 483 g/mol. The summed E-state index contributed by atoms with van der Waals surface area (Å²) in [5.74, 6) is 0.411. The fourth-order valence-electron chi connectivity index (χ4n) is 2.94. The van der Waals surface area contributed by atoms with Gasteiger partial charge < -0.3 is 4.74 Å². The zero-order valence-electron chi connectivity index (χ0n) is 15.8. The first kappa shape index (κ1) is 21.8. The molecule has 1 amide bonds. The molecule has 2 aromatic carbocycles. The summed E-state index contributed by atoms with van der Waals surface area (Å²) in [7, 11) is 0. The van der Waals surface area contributed by atoms with E-state index in [-0.39, 0.29) is 16.7 Å². The van der Waals surface area contributed by atoms with Crippen molar-refractivity contribution in [2.75, 3.05) is 11.6 Å². The standard InChI is InChI=1S/C20H17BrF3N3O3/c1-13(29)30-16-5-2-14(3-6-16)11-26(12-28)19-8-9-27(25-19)15-4-7-18(21)17(10-15)20(22,23)24/h2-7,10,12H,8-9,11H2,1H3. The summed E-state index contributed by atoms with van der Waals surface area (Å²) in [6.45, 7) is 1.88. The third kappa shape index (κ3) is 5.18. The Morgan fingerprint density at radius 2 is 1.97 bits per heavy atom. The molecule has 158 valence electrons. The van der Waals surface area contributed by atoms with Crippen LogP contribution >= 0.6 is 15.9 Å². The van der Waals surface area contributed by atoms with E-state index >= 15 is 0 Å². The number of benzene rings is 2. The smallest absolute Gasteiger partial charge is 0.417 e. The lowest BCUT2D eigenvalue weighted by atomic mass is 10.2. The van der Waals surface area contributed by atoms with Crippen LogP contribution in [0.3, 0.4) is 0 Å². The number of hydrogen-bond donors (Lipinski definition) is 0. The molecule has 0 aliphatic carbocycles. The summed E-state index contributed by atoms with van der Waals surface area (Å²) in [4.78, 5) is 24.0. The number of hydrazone groups is 1. The van der Waals surface area contributed by atoms with Crippen molar-refractivity contribution in [1.82, 2.24) is 4.90 Å². The van der Waals surface area contributed by atoms with Crippen molar-refractivity contribution in [3.8, 4) is 5.75 Å². The molecule has 0 fully saturated rings. The van der Waals surface area contributed by atoms with Crippen LogP contribution in [0.25, 0.3) is 0 Å². The molecule has 0 atom stereocenters. The maximum atomic E-state index is 13.1. The molecule has 0 saturated carbocycles. The van der Waals surface area contributed by atoms with E-state index in [2.05, 4.69) is 21.0 Å². The van der Waals surface area contributed by atoms with E-state index in [1.54, 1.807) is 24.3 Å².